The normalized spacial score (nSPS) is 12.1. The fraction of sp³-hybridized carbons (Fsp3) is 0.0714. The highest BCUT2D eigenvalue weighted by Crippen LogP contribution is 2.20. The quantitative estimate of drug-likeness (QED) is 0.843. The van der Waals surface area contributed by atoms with Gasteiger partial charge in [-0.2, -0.15) is 0 Å². The summed E-state index contributed by atoms with van der Waals surface area (Å²) in [6.45, 7) is 0. The molecule has 2 rings (SSSR count). The highest BCUT2D eigenvalue weighted by Gasteiger charge is 2.14. The lowest BCUT2D eigenvalue weighted by atomic mass is 10.1. The van der Waals surface area contributed by atoms with E-state index in [1.54, 1.807) is 24.3 Å². The molecule has 0 radical (unpaired) electrons. The maximum absolute atomic E-state index is 13.7. The molecule has 0 aliphatic rings. The van der Waals surface area contributed by atoms with Crippen molar-refractivity contribution in [2.24, 2.45) is 5.73 Å². The predicted octanol–water partition coefficient (Wildman–Crippen LogP) is 1.81. The summed E-state index contributed by atoms with van der Waals surface area (Å²) in [5.74, 6) is -1.21. The van der Waals surface area contributed by atoms with E-state index in [1.165, 1.54) is 12.1 Å². The number of anilines is 1. The number of hydrogen-bond acceptors (Lipinski definition) is 3. The second-order valence-electron chi connectivity index (χ2n) is 4.20. The number of rotatable bonds is 4. The van der Waals surface area contributed by atoms with Crippen molar-refractivity contribution < 1.29 is 13.4 Å². The van der Waals surface area contributed by atoms with Crippen LogP contribution in [-0.2, 0) is 16.6 Å². The first-order chi connectivity index (χ1) is 9.49. The molecule has 0 saturated carbocycles. The van der Waals surface area contributed by atoms with E-state index in [1.807, 2.05) is 0 Å². The summed E-state index contributed by atoms with van der Waals surface area (Å²) >= 11 is 0. The average molecular weight is 292 g/mol. The number of carbonyl (C=O) groups is 1. The Morgan fingerprint density at radius 3 is 2.55 bits per heavy atom. The first-order valence-electron chi connectivity index (χ1n) is 5.80. The smallest absolute Gasteiger partial charge is 0.249 e. The molecule has 4 N–H and O–H groups in total. The monoisotopic (exact) mass is 292 g/mol. The van der Waals surface area contributed by atoms with Crippen molar-refractivity contribution in [3.05, 3.63) is 59.4 Å². The molecule has 0 aromatic heterocycles. The van der Waals surface area contributed by atoms with E-state index in [0.29, 0.717) is 5.56 Å². The molecule has 2 aromatic rings. The van der Waals surface area contributed by atoms with Gasteiger partial charge in [-0.1, -0.05) is 18.2 Å². The lowest BCUT2D eigenvalue weighted by molar-refractivity contribution is 0.0999. The van der Waals surface area contributed by atoms with Crippen LogP contribution in [0.5, 0.6) is 0 Å². The molecule has 20 heavy (non-hydrogen) atoms. The van der Waals surface area contributed by atoms with E-state index >= 15 is 0 Å². The van der Waals surface area contributed by atoms with Crippen molar-refractivity contribution >= 4 is 22.4 Å². The van der Waals surface area contributed by atoms with Crippen LogP contribution in [0.3, 0.4) is 0 Å². The van der Waals surface area contributed by atoms with E-state index in [9.17, 15) is 13.4 Å². The van der Waals surface area contributed by atoms with E-state index in [-0.39, 0.29) is 21.9 Å². The summed E-state index contributed by atoms with van der Waals surface area (Å²) in [6, 6.07) is 10.5. The minimum Gasteiger partial charge on any atom is -0.399 e. The zero-order chi connectivity index (χ0) is 14.7. The first-order valence-corrected chi connectivity index (χ1v) is 7.12. The Hall–Kier alpha value is -2.21. The number of primary amides is 1. The number of nitrogens with two attached hydrogens (primary N) is 2. The summed E-state index contributed by atoms with van der Waals surface area (Å²) in [5.41, 5.74) is 11.8. The Balaban J connectivity index is 2.30. The fourth-order valence-corrected chi connectivity index (χ4v) is 2.99. The molecular weight excluding hydrogens is 279 g/mol. The largest absolute Gasteiger partial charge is 0.399 e. The van der Waals surface area contributed by atoms with Gasteiger partial charge in [0.05, 0.1) is 21.4 Å². The van der Waals surface area contributed by atoms with Gasteiger partial charge in [0.2, 0.25) is 5.91 Å². The Labute approximate surface area is 118 Å². The van der Waals surface area contributed by atoms with Crippen molar-refractivity contribution in [3.8, 4) is 0 Å². The highest BCUT2D eigenvalue weighted by molar-refractivity contribution is 7.84. The predicted molar refractivity (Wildman–Crippen MR) is 75.9 cm³/mol. The summed E-state index contributed by atoms with van der Waals surface area (Å²) < 4.78 is 25.9. The second kappa shape index (κ2) is 5.83. The number of halogens is 1. The maximum Gasteiger partial charge on any atom is 0.249 e. The standard InChI is InChI=1S/C14H13FN2O2S/c15-12-7-10(16)5-6-13(12)20(19)8-9-3-1-2-4-11(9)14(17)18/h1-7H,8,16H2,(H2,17,18). The number of carbonyl (C=O) groups excluding carboxylic acids is 1. The molecule has 4 nitrogen and oxygen atoms in total. The number of amides is 1. The zero-order valence-corrected chi connectivity index (χ0v) is 11.3. The van der Waals surface area contributed by atoms with Gasteiger partial charge in [0.15, 0.2) is 0 Å². The summed E-state index contributed by atoms with van der Waals surface area (Å²) in [4.78, 5) is 11.3. The third kappa shape index (κ3) is 3.03. The molecule has 0 aliphatic heterocycles. The molecule has 0 bridgehead atoms. The summed E-state index contributed by atoms with van der Waals surface area (Å²) in [6.07, 6.45) is 0. The van der Waals surface area contributed by atoms with Crippen LogP contribution >= 0.6 is 0 Å². The SMILES string of the molecule is NC(=O)c1ccccc1CS(=O)c1ccc(N)cc1F. The molecule has 2 aromatic carbocycles. The van der Waals surface area contributed by atoms with Gasteiger partial charge in [-0.25, -0.2) is 4.39 Å². The maximum atomic E-state index is 13.7. The summed E-state index contributed by atoms with van der Waals surface area (Å²) in [7, 11) is -1.62. The molecule has 0 aliphatic carbocycles. The van der Waals surface area contributed by atoms with Gasteiger partial charge in [0.25, 0.3) is 0 Å². The van der Waals surface area contributed by atoms with Crippen LogP contribution in [0.1, 0.15) is 15.9 Å². The van der Waals surface area contributed by atoms with Gasteiger partial charge in [-0.05, 0) is 29.8 Å². The molecule has 104 valence electrons. The van der Waals surface area contributed by atoms with Crippen LogP contribution in [0.25, 0.3) is 0 Å². The molecule has 1 unspecified atom stereocenters. The third-order valence-corrected chi connectivity index (χ3v) is 4.17. The zero-order valence-electron chi connectivity index (χ0n) is 10.5. The van der Waals surface area contributed by atoms with Crippen molar-refractivity contribution in [2.45, 2.75) is 10.6 Å². The molecule has 0 heterocycles. The highest BCUT2D eigenvalue weighted by atomic mass is 32.2. The van der Waals surface area contributed by atoms with Crippen LogP contribution < -0.4 is 11.5 Å². The molecule has 0 spiro atoms. The Kier molecular flexibility index (Phi) is 4.14. The van der Waals surface area contributed by atoms with Gasteiger partial charge in [-0.15, -0.1) is 0 Å². The van der Waals surface area contributed by atoms with Gasteiger partial charge >= 0.3 is 0 Å². The lowest BCUT2D eigenvalue weighted by Gasteiger charge is -2.07. The van der Waals surface area contributed by atoms with Crippen LogP contribution in [0, 0.1) is 5.82 Å². The molecule has 6 heteroatoms. The van der Waals surface area contributed by atoms with Gasteiger partial charge in [0.1, 0.15) is 5.82 Å². The van der Waals surface area contributed by atoms with Crippen molar-refractivity contribution in [3.63, 3.8) is 0 Å². The number of hydrogen-bond donors (Lipinski definition) is 2. The Morgan fingerprint density at radius 1 is 1.20 bits per heavy atom. The molecule has 0 fully saturated rings. The minimum atomic E-state index is -1.62. The van der Waals surface area contributed by atoms with E-state index < -0.39 is 22.5 Å². The van der Waals surface area contributed by atoms with Crippen LogP contribution in [0.2, 0.25) is 0 Å². The van der Waals surface area contributed by atoms with Gasteiger partial charge in [0, 0.05) is 11.3 Å². The molecular formula is C14H13FN2O2S. The molecule has 1 amide bonds. The van der Waals surface area contributed by atoms with Crippen molar-refractivity contribution in [1.82, 2.24) is 0 Å². The van der Waals surface area contributed by atoms with E-state index in [0.717, 1.165) is 6.07 Å². The second-order valence-corrected chi connectivity index (χ2v) is 5.62. The number of nitrogen functional groups attached to an aromatic ring is 1. The van der Waals surface area contributed by atoms with E-state index in [4.69, 9.17) is 11.5 Å². The lowest BCUT2D eigenvalue weighted by Crippen LogP contribution is -2.14. The fourth-order valence-electron chi connectivity index (χ4n) is 1.81. The van der Waals surface area contributed by atoms with Gasteiger partial charge < -0.3 is 11.5 Å². The Bertz CT molecular complexity index is 689. The van der Waals surface area contributed by atoms with Crippen LogP contribution in [-0.4, -0.2) is 10.1 Å². The topological polar surface area (TPSA) is 86.2 Å². The van der Waals surface area contributed by atoms with Crippen LogP contribution in [0.4, 0.5) is 10.1 Å². The molecule has 1 atom stereocenters. The van der Waals surface area contributed by atoms with E-state index in [2.05, 4.69) is 0 Å². The van der Waals surface area contributed by atoms with Crippen LogP contribution in [0.15, 0.2) is 47.4 Å². The summed E-state index contributed by atoms with van der Waals surface area (Å²) in [5, 5.41) is 0. The first kappa shape index (κ1) is 14.2. The van der Waals surface area contributed by atoms with Crippen molar-refractivity contribution in [1.29, 1.82) is 0 Å². The minimum absolute atomic E-state index is 0.0138. The number of benzene rings is 2. The van der Waals surface area contributed by atoms with Crippen molar-refractivity contribution in [2.75, 3.05) is 5.73 Å². The Morgan fingerprint density at radius 2 is 1.90 bits per heavy atom. The van der Waals surface area contributed by atoms with Gasteiger partial charge in [-0.3, -0.25) is 9.00 Å². The third-order valence-electron chi connectivity index (χ3n) is 2.77. The average Bonchev–Trinajstić information content (AvgIpc) is 2.38. The molecule has 0 saturated heterocycles.